The molecule has 0 aliphatic carbocycles. The van der Waals surface area contributed by atoms with Gasteiger partial charge in [-0.3, -0.25) is 13.9 Å². The Morgan fingerprint density at radius 2 is 1.57 bits per heavy atom. The molecule has 0 saturated heterocycles. The maximum absolute atomic E-state index is 13.7. The number of amides is 2. The third kappa shape index (κ3) is 6.89. The number of hydrogen-bond acceptors (Lipinski definition) is 5. The van der Waals surface area contributed by atoms with Gasteiger partial charge in [0.15, 0.2) is 0 Å². The second-order valence-corrected chi connectivity index (χ2v) is 10.5. The maximum atomic E-state index is 13.7. The van der Waals surface area contributed by atoms with E-state index in [-0.39, 0.29) is 17.3 Å². The fourth-order valence-electron chi connectivity index (χ4n) is 3.79. The number of sulfonamides is 1. The highest BCUT2D eigenvalue weighted by molar-refractivity contribution is 7.92. The molecule has 1 N–H and O–H groups in total. The van der Waals surface area contributed by atoms with Gasteiger partial charge in [-0.25, -0.2) is 8.42 Å². The van der Waals surface area contributed by atoms with Crippen molar-refractivity contribution >= 4 is 27.5 Å². The monoisotopic (exact) mass is 523 g/mol. The summed E-state index contributed by atoms with van der Waals surface area (Å²) in [6.45, 7) is 5.50. The first-order chi connectivity index (χ1) is 17.7. The molecule has 0 fully saturated rings. The molecule has 8 nitrogen and oxygen atoms in total. The molecule has 0 spiro atoms. The van der Waals surface area contributed by atoms with Crippen molar-refractivity contribution in [1.82, 2.24) is 10.2 Å². The van der Waals surface area contributed by atoms with E-state index in [1.165, 1.54) is 24.1 Å². The van der Waals surface area contributed by atoms with E-state index in [2.05, 4.69) is 5.32 Å². The molecule has 37 heavy (non-hydrogen) atoms. The molecule has 196 valence electrons. The summed E-state index contributed by atoms with van der Waals surface area (Å²) in [6.07, 6.45) is 0. The number of para-hydroxylation sites is 1. The van der Waals surface area contributed by atoms with E-state index in [1.807, 2.05) is 31.2 Å². The van der Waals surface area contributed by atoms with E-state index >= 15 is 0 Å². The molecule has 3 aromatic rings. The summed E-state index contributed by atoms with van der Waals surface area (Å²) in [7, 11) is -2.62. The molecule has 1 unspecified atom stereocenters. The summed E-state index contributed by atoms with van der Waals surface area (Å²) >= 11 is 0. The van der Waals surface area contributed by atoms with Crippen LogP contribution < -0.4 is 14.4 Å². The summed E-state index contributed by atoms with van der Waals surface area (Å²) in [5.41, 5.74) is 2.24. The number of rotatable bonds is 11. The number of nitrogens with one attached hydrogen (secondary N) is 1. The van der Waals surface area contributed by atoms with Crippen LogP contribution in [-0.4, -0.2) is 51.4 Å². The standard InChI is InChI=1S/C28H33N3O5S/c1-5-29-28(33)22(3)30(19-23-13-11-21(2)12-14-23)27(32)20-31(24-9-7-6-8-10-24)37(34,35)26-17-15-25(36-4)16-18-26/h6-18,22H,5,19-20H2,1-4H3,(H,29,33). The van der Waals surface area contributed by atoms with Crippen molar-refractivity contribution in [3.63, 3.8) is 0 Å². The molecule has 0 aromatic heterocycles. The van der Waals surface area contributed by atoms with Crippen LogP contribution in [0.5, 0.6) is 5.75 Å². The Morgan fingerprint density at radius 1 is 0.946 bits per heavy atom. The zero-order chi connectivity index (χ0) is 27.0. The van der Waals surface area contributed by atoms with Gasteiger partial charge in [-0.15, -0.1) is 0 Å². The minimum atomic E-state index is -4.11. The van der Waals surface area contributed by atoms with Crippen LogP contribution in [0.3, 0.4) is 0 Å². The molecule has 0 aliphatic rings. The van der Waals surface area contributed by atoms with Crippen molar-refractivity contribution < 1.29 is 22.7 Å². The van der Waals surface area contributed by atoms with Crippen molar-refractivity contribution in [1.29, 1.82) is 0 Å². The van der Waals surface area contributed by atoms with Crippen LogP contribution in [0, 0.1) is 6.92 Å². The minimum Gasteiger partial charge on any atom is -0.497 e. The number of nitrogens with zero attached hydrogens (tertiary/aromatic N) is 2. The Bertz CT molecular complexity index is 1290. The summed E-state index contributed by atoms with van der Waals surface area (Å²) in [5, 5.41) is 2.75. The normalized spacial score (nSPS) is 11.9. The molecule has 3 aromatic carbocycles. The Kier molecular flexibility index (Phi) is 9.30. The molecular formula is C28H33N3O5S. The average Bonchev–Trinajstić information content (AvgIpc) is 2.91. The number of methoxy groups -OCH3 is 1. The van der Waals surface area contributed by atoms with Crippen LogP contribution in [0.15, 0.2) is 83.8 Å². The maximum Gasteiger partial charge on any atom is 0.264 e. The summed E-state index contributed by atoms with van der Waals surface area (Å²) in [6, 6.07) is 21.3. The highest BCUT2D eigenvalue weighted by atomic mass is 32.2. The fraction of sp³-hybridized carbons (Fsp3) is 0.286. The summed E-state index contributed by atoms with van der Waals surface area (Å²) in [4.78, 5) is 27.9. The van der Waals surface area contributed by atoms with Gasteiger partial charge >= 0.3 is 0 Å². The lowest BCUT2D eigenvalue weighted by atomic mass is 10.1. The molecule has 0 heterocycles. The predicted molar refractivity (Wildman–Crippen MR) is 144 cm³/mol. The zero-order valence-electron chi connectivity index (χ0n) is 21.5. The van der Waals surface area contributed by atoms with E-state index in [1.54, 1.807) is 56.3 Å². The fourth-order valence-corrected chi connectivity index (χ4v) is 5.21. The number of anilines is 1. The Labute approximate surface area is 218 Å². The predicted octanol–water partition coefficient (Wildman–Crippen LogP) is 3.75. The molecule has 0 aliphatic heterocycles. The number of hydrogen-bond donors (Lipinski definition) is 1. The first-order valence-electron chi connectivity index (χ1n) is 12.0. The first kappa shape index (κ1) is 27.7. The van der Waals surface area contributed by atoms with Gasteiger partial charge in [0.1, 0.15) is 18.3 Å². The lowest BCUT2D eigenvalue weighted by molar-refractivity contribution is -0.139. The molecule has 1 atom stereocenters. The van der Waals surface area contributed by atoms with E-state index in [9.17, 15) is 18.0 Å². The van der Waals surface area contributed by atoms with Crippen molar-refractivity contribution in [2.75, 3.05) is 24.5 Å². The van der Waals surface area contributed by atoms with Crippen molar-refractivity contribution in [2.24, 2.45) is 0 Å². The molecule has 0 radical (unpaired) electrons. The van der Waals surface area contributed by atoms with Crippen LogP contribution in [0.25, 0.3) is 0 Å². The van der Waals surface area contributed by atoms with Gasteiger partial charge in [-0.1, -0.05) is 48.0 Å². The second kappa shape index (κ2) is 12.4. The highest BCUT2D eigenvalue weighted by Crippen LogP contribution is 2.25. The number of likely N-dealkylation sites (N-methyl/N-ethyl adjacent to an activating group) is 1. The molecule has 2 amide bonds. The first-order valence-corrected chi connectivity index (χ1v) is 13.5. The van der Waals surface area contributed by atoms with E-state index in [0.717, 1.165) is 15.4 Å². The van der Waals surface area contributed by atoms with Gasteiger partial charge in [0.25, 0.3) is 10.0 Å². The molecule has 3 rings (SSSR count). The van der Waals surface area contributed by atoms with Crippen molar-refractivity contribution in [3.8, 4) is 5.75 Å². The molecule has 0 bridgehead atoms. The Balaban J connectivity index is 1.99. The zero-order valence-corrected chi connectivity index (χ0v) is 22.4. The number of carbonyl (C=O) groups excluding carboxylic acids is 2. The van der Waals surface area contributed by atoms with Crippen LogP contribution in [0.2, 0.25) is 0 Å². The minimum absolute atomic E-state index is 0.0202. The lowest BCUT2D eigenvalue weighted by Crippen LogP contribution is -2.51. The second-order valence-electron chi connectivity index (χ2n) is 8.60. The van der Waals surface area contributed by atoms with Gasteiger partial charge < -0.3 is 15.0 Å². The molecular weight excluding hydrogens is 490 g/mol. The van der Waals surface area contributed by atoms with Gasteiger partial charge in [0.2, 0.25) is 11.8 Å². The largest absolute Gasteiger partial charge is 0.497 e. The Morgan fingerprint density at radius 3 is 2.14 bits per heavy atom. The number of carbonyl (C=O) groups is 2. The van der Waals surface area contributed by atoms with Crippen molar-refractivity contribution in [2.45, 2.75) is 38.3 Å². The van der Waals surface area contributed by atoms with Crippen molar-refractivity contribution in [3.05, 3.63) is 90.0 Å². The average molecular weight is 524 g/mol. The lowest BCUT2D eigenvalue weighted by Gasteiger charge is -2.32. The number of benzene rings is 3. The molecule has 9 heteroatoms. The van der Waals surface area contributed by atoms with Crippen LogP contribution in [0.4, 0.5) is 5.69 Å². The number of aryl methyl sites for hydroxylation is 1. The van der Waals surface area contributed by atoms with E-state index < -0.39 is 28.5 Å². The van der Waals surface area contributed by atoms with Crippen LogP contribution in [-0.2, 0) is 26.2 Å². The quantitative estimate of drug-likeness (QED) is 0.413. The van der Waals surface area contributed by atoms with Gasteiger partial charge in [-0.2, -0.15) is 0 Å². The topological polar surface area (TPSA) is 96.0 Å². The van der Waals surface area contributed by atoms with Crippen LogP contribution >= 0.6 is 0 Å². The van der Waals surface area contributed by atoms with Crippen LogP contribution in [0.1, 0.15) is 25.0 Å². The number of ether oxygens (including phenoxy) is 1. The Hall–Kier alpha value is -3.85. The van der Waals surface area contributed by atoms with E-state index in [0.29, 0.717) is 18.0 Å². The van der Waals surface area contributed by atoms with Gasteiger partial charge in [-0.05, 0) is 62.7 Å². The molecule has 0 saturated carbocycles. The van der Waals surface area contributed by atoms with E-state index in [4.69, 9.17) is 4.74 Å². The summed E-state index contributed by atoms with van der Waals surface area (Å²) < 4.78 is 33.7. The van der Waals surface area contributed by atoms with Gasteiger partial charge in [0, 0.05) is 13.1 Å². The summed E-state index contributed by atoms with van der Waals surface area (Å²) in [5.74, 6) is -0.297. The third-order valence-electron chi connectivity index (χ3n) is 5.96. The smallest absolute Gasteiger partial charge is 0.264 e. The van der Waals surface area contributed by atoms with Gasteiger partial charge in [0.05, 0.1) is 17.7 Å². The third-order valence-corrected chi connectivity index (χ3v) is 7.75. The SMILES string of the molecule is CCNC(=O)C(C)N(Cc1ccc(C)cc1)C(=O)CN(c1ccccc1)S(=O)(=O)c1ccc(OC)cc1. The highest BCUT2D eigenvalue weighted by Gasteiger charge is 2.32.